The molecule has 0 radical (unpaired) electrons. The van der Waals surface area contributed by atoms with Crippen molar-refractivity contribution in [1.82, 2.24) is 5.43 Å². The summed E-state index contributed by atoms with van der Waals surface area (Å²) in [5, 5.41) is 22.9. The third kappa shape index (κ3) is 4.25. The molecule has 3 N–H and O–H groups in total. The zero-order valence-electron chi connectivity index (χ0n) is 13.8. The number of benzene rings is 2. The quantitative estimate of drug-likeness (QED) is 0.581. The predicted octanol–water partition coefficient (Wildman–Crippen LogP) is 2.55. The number of hydrogen-bond donors (Lipinski definition) is 3. The van der Waals surface area contributed by atoms with Gasteiger partial charge in [-0.2, -0.15) is 5.10 Å². The average Bonchev–Trinajstić information content (AvgIpc) is 2.49. The summed E-state index contributed by atoms with van der Waals surface area (Å²) in [7, 11) is 0. The number of carbonyl (C=O) groups is 1. The van der Waals surface area contributed by atoms with Gasteiger partial charge in [-0.25, -0.2) is 5.43 Å². The van der Waals surface area contributed by atoms with Crippen LogP contribution in [0.25, 0.3) is 0 Å². The zero-order chi connectivity index (χ0) is 17.7. The molecule has 0 spiro atoms. The highest BCUT2D eigenvalue weighted by atomic mass is 16.5. The van der Waals surface area contributed by atoms with Gasteiger partial charge in [0.05, 0.1) is 6.21 Å². The van der Waals surface area contributed by atoms with E-state index in [-0.39, 0.29) is 18.1 Å². The number of rotatable bonds is 5. The van der Waals surface area contributed by atoms with E-state index in [1.54, 1.807) is 6.92 Å². The van der Waals surface area contributed by atoms with E-state index in [0.717, 1.165) is 11.1 Å². The van der Waals surface area contributed by atoms with Crippen LogP contribution in [0.5, 0.6) is 17.2 Å². The molecule has 0 aliphatic rings. The van der Waals surface area contributed by atoms with Crippen LogP contribution in [0.1, 0.15) is 22.3 Å². The molecule has 0 saturated carbocycles. The van der Waals surface area contributed by atoms with Crippen LogP contribution < -0.4 is 10.2 Å². The van der Waals surface area contributed by atoms with Crippen molar-refractivity contribution in [3.63, 3.8) is 0 Å². The van der Waals surface area contributed by atoms with Crippen molar-refractivity contribution in [2.75, 3.05) is 6.61 Å². The van der Waals surface area contributed by atoms with Gasteiger partial charge in [0.15, 0.2) is 6.61 Å². The van der Waals surface area contributed by atoms with Crippen LogP contribution in [-0.4, -0.2) is 28.9 Å². The van der Waals surface area contributed by atoms with E-state index >= 15 is 0 Å². The van der Waals surface area contributed by atoms with Gasteiger partial charge in [-0.3, -0.25) is 4.79 Å². The van der Waals surface area contributed by atoms with E-state index < -0.39 is 5.91 Å². The summed E-state index contributed by atoms with van der Waals surface area (Å²) in [4.78, 5) is 11.8. The van der Waals surface area contributed by atoms with Gasteiger partial charge in [0, 0.05) is 11.6 Å². The number of hydrogen-bond acceptors (Lipinski definition) is 5. The predicted molar refractivity (Wildman–Crippen MR) is 91.7 cm³/mol. The van der Waals surface area contributed by atoms with Crippen LogP contribution in [-0.2, 0) is 4.79 Å². The highest BCUT2D eigenvalue weighted by Crippen LogP contribution is 2.25. The molecule has 0 saturated heterocycles. The van der Waals surface area contributed by atoms with Gasteiger partial charge in [-0.1, -0.05) is 18.2 Å². The Labute approximate surface area is 140 Å². The molecule has 6 nitrogen and oxygen atoms in total. The van der Waals surface area contributed by atoms with Crippen molar-refractivity contribution in [2.24, 2.45) is 5.10 Å². The standard InChI is InChI=1S/C18H20N2O4/c1-11-5-4-6-12(2)18(11)24-10-17(23)20-19-9-15-13(3)7-14(21)8-16(15)22/h4-9,21-22H,10H2,1-3H3,(H,20,23)/b19-9+. The Morgan fingerprint density at radius 2 is 1.83 bits per heavy atom. The molecule has 0 fully saturated rings. The van der Waals surface area contributed by atoms with Gasteiger partial charge in [-0.15, -0.1) is 0 Å². The normalized spacial score (nSPS) is 10.8. The number of amides is 1. The Balaban J connectivity index is 1.94. The molecular formula is C18H20N2O4. The maximum atomic E-state index is 11.8. The molecule has 0 heterocycles. The number of hydrazone groups is 1. The Bertz CT molecular complexity index is 741. The van der Waals surface area contributed by atoms with Crippen LogP contribution in [0.3, 0.4) is 0 Å². The summed E-state index contributed by atoms with van der Waals surface area (Å²) in [5.41, 5.74) is 5.31. The highest BCUT2D eigenvalue weighted by molar-refractivity contribution is 5.87. The number of para-hydroxylation sites is 1. The largest absolute Gasteiger partial charge is 0.508 e. The Hall–Kier alpha value is -3.02. The summed E-state index contributed by atoms with van der Waals surface area (Å²) < 4.78 is 5.53. The number of ether oxygens (including phenoxy) is 1. The molecule has 24 heavy (non-hydrogen) atoms. The number of nitrogens with zero attached hydrogens (tertiary/aromatic N) is 1. The molecule has 0 atom stereocenters. The van der Waals surface area contributed by atoms with Crippen molar-refractivity contribution in [2.45, 2.75) is 20.8 Å². The molecule has 0 bridgehead atoms. The van der Waals surface area contributed by atoms with E-state index in [4.69, 9.17) is 4.74 Å². The second-order valence-electron chi connectivity index (χ2n) is 5.50. The number of aryl methyl sites for hydroxylation is 3. The average molecular weight is 328 g/mol. The molecule has 0 aromatic heterocycles. The summed E-state index contributed by atoms with van der Waals surface area (Å²) in [6, 6.07) is 8.45. The molecule has 1 amide bonds. The lowest BCUT2D eigenvalue weighted by Gasteiger charge is -2.10. The molecule has 0 unspecified atom stereocenters. The van der Waals surface area contributed by atoms with Crippen molar-refractivity contribution in [3.05, 3.63) is 52.6 Å². The topological polar surface area (TPSA) is 91.1 Å². The Kier molecular flexibility index (Phi) is 5.42. The minimum absolute atomic E-state index is 0.0341. The molecule has 2 aromatic carbocycles. The molecule has 0 aliphatic carbocycles. The van der Waals surface area contributed by atoms with Crippen LogP contribution in [0, 0.1) is 20.8 Å². The van der Waals surface area contributed by atoms with Crippen molar-refractivity contribution in [1.29, 1.82) is 0 Å². The third-order valence-corrected chi connectivity index (χ3v) is 3.49. The van der Waals surface area contributed by atoms with E-state index in [9.17, 15) is 15.0 Å². The minimum atomic E-state index is -0.412. The first-order valence-corrected chi connectivity index (χ1v) is 7.42. The second kappa shape index (κ2) is 7.50. The Morgan fingerprint density at radius 3 is 2.46 bits per heavy atom. The van der Waals surface area contributed by atoms with Crippen LogP contribution in [0.15, 0.2) is 35.4 Å². The summed E-state index contributed by atoms with van der Waals surface area (Å²) in [6.45, 7) is 5.37. The van der Waals surface area contributed by atoms with Crippen LogP contribution in [0.2, 0.25) is 0 Å². The van der Waals surface area contributed by atoms with Gasteiger partial charge in [0.1, 0.15) is 17.2 Å². The van der Waals surface area contributed by atoms with Crippen molar-refractivity contribution < 1.29 is 19.7 Å². The third-order valence-electron chi connectivity index (χ3n) is 3.49. The van der Waals surface area contributed by atoms with Gasteiger partial charge >= 0.3 is 0 Å². The SMILES string of the molecule is Cc1cc(O)cc(O)c1/C=N/NC(=O)COc1c(C)cccc1C. The highest BCUT2D eigenvalue weighted by Gasteiger charge is 2.07. The lowest BCUT2D eigenvalue weighted by Crippen LogP contribution is -2.25. The first-order valence-electron chi connectivity index (χ1n) is 7.42. The van der Waals surface area contributed by atoms with E-state index in [0.29, 0.717) is 16.9 Å². The van der Waals surface area contributed by atoms with Crippen molar-refractivity contribution >= 4 is 12.1 Å². The summed E-state index contributed by atoms with van der Waals surface area (Å²) in [6.07, 6.45) is 1.32. The van der Waals surface area contributed by atoms with E-state index in [2.05, 4.69) is 10.5 Å². The zero-order valence-corrected chi connectivity index (χ0v) is 13.8. The maximum Gasteiger partial charge on any atom is 0.277 e. The van der Waals surface area contributed by atoms with Gasteiger partial charge < -0.3 is 14.9 Å². The van der Waals surface area contributed by atoms with E-state index in [1.165, 1.54) is 18.3 Å². The summed E-state index contributed by atoms with van der Waals surface area (Å²) >= 11 is 0. The molecule has 6 heteroatoms. The number of phenolic OH excluding ortho intramolecular Hbond substituents is 2. The number of nitrogens with one attached hydrogen (secondary N) is 1. The molecule has 2 aromatic rings. The minimum Gasteiger partial charge on any atom is -0.508 e. The molecule has 0 aliphatic heterocycles. The lowest BCUT2D eigenvalue weighted by atomic mass is 10.1. The second-order valence-corrected chi connectivity index (χ2v) is 5.50. The fourth-order valence-electron chi connectivity index (χ4n) is 2.29. The molecular weight excluding hydrogens is 308 g/mol. The van der Waals surface area contributed by atoms with E-state index in [1.807, 2.05) is 32.0 Å². The van der Waals surface area contributed by atoms with Gasteiger partial charge in [0.25, 0.3) is 5.91 Å². The van der Waals surface area contributed by atoms with Gasteiger partial charge in [0.2, 0.25) is 0 Å². The first-order chi connectivity index (χ1) is 11.4. The molecule has 2 rings (SSSR count). The van der Waals surface area contributed by atoms with Crippen LogP contribution in [0.4, 0.5) is 0 Å². The van der Waals surface area contributed by atoms with Gasteiger partial charge in [-0.05, 0) is 43.5 Å². The Morgan fingerprint density at radius 1 is 1.17 bits per heavy atom. The maximum absolute atomic E-state index is 11.8. The van der Waals surface area contributed by atoms with Crippen LogP contribution >= 0.6 is 0 Å². The first kappa shape index (κ1) is 17.3. The number of carbonyl (C=O) groups excluding carboxylic acids is 1. The number of aromatic hydroxyl groups is 2. The fraction of sp³-hybridized carbons (Fsp3) is 0.222. The summed E-state index contributed by atoms with van der Waals surface area (Å²) in [5.74, 6) is 0.124. The molecule has 126 valence electrons. The lowest BCUT2D eigenvalue weighted by molar-refractivity contribution is -0.123. The smallest absolute Gasteiger partial charge is 0.277 e. The number of phenols is 2. The van der Waals surface area contributed by atoms with Crippen molar-refractivity contribution in [3.8, 4) is 17.2 Å². The fourth-order valence-corrected chi connectivity index (χ4v) is 2.29. The monoisotopic (exact) mass is 328 g/mol.